The van der Waals surface area contributed by atoms with Gasteiger partial charge in [0.1, 0.15) is 0 Å². The second kappa shape index (κ2) is 18.3. The van der Waals surface area contributed by atoms with Crippen molar-refractivity contribution in [1.29, 1.82) is 0 Å². The van der Waals surface area contributed by atoms with Crippen LogP contribution in [0, 0.1) is 0 Å². The zero-order valence-electron chi connectivity index (χ0n) is 5.21. The van der Waals surface area contributed by atoms with Crippen LogP contribution in [0.25, 0.3) is 0 Å². The van der Waals surface area contributed by atoms with Gasteiger partial charge in [0.2, 0.25) is 0 Å². The van der Waals surface area contributed by atoms with Crippen LogP contribution in [0.15, 0.2) is 0 Å². The van der Waals surface area contributed by atoms with Crippen molar-refractivity contribution in [3.05, 3.63) is 0 Å². The van der Waals surface area contributed by atoms with Crippen LogP contribution in [-0.4, -0.2) is 78.3 Å². The molecule has 0 saturated heterocycles. The Morgan fingerprint density at radius 1 is 1.00 bits per heavy atom. The number of halogens is 2. The minimum absolute atomic E-state index is 0. The summed E-state index contributed by atoms with van der Waals surface area (Å²) in [5.41, 5.74) is 0. The molecular weight excluding hydrogens is 254 g/mol. The van der Waals surface area contributed by atoms with E-state index in [-0.39, 0.29) is 115 Å². The summed E-state index contributed by atoms with van der Waals surface area (Å²) in [4.78, 5) is 0. The van der Waals surface area contributed by atoms with Crippen LogP contribution in [-0.2, 0) is 10.4 Å². The van der Waals surface area contributed by atoms with E-state index < -0.39 is 10.4 Å². The molecule has 0 radical (unpaired) electrons. The summed E-state index contributed by atoms with van der Waals surface area (Å²) in [7, 11) is -5.17. The molecule has 10 heavy (non-hydrogen) atoms. The van der Waals surface area contributed by atoms with Crippen LogP contribution in [0.5, 0.6) is 0 Å². The molecule has 48 valence electrons. The summed E-state index contributed by atoms with van der Waals surface area (Å²) in [5, 5.41) is 0. The van der Waals surface area contributed by atoms with Crippen LogP contribution < -0.4 is 54.4 Å². The summed E-state index contributed by atoms with van der Waals surface area (Å²) >= 11 is 0. The third-order valence-electron chi connectivity index (χ3n) is 0. The van der Waals surface area contributed by atoms with Gasteiger partial charge < -0.3 is 33.9 Å². The monoisotopic (exact) mass is 253 g/mol. The Labute approximate surface area is 140 Å². The molecule has 0 amide bonds. The molecule has 0 aromatic carbocycles. The zero-order valence-corrected chi connectivity index (χ0v) is 13.2. The van der Waals surface area contributed by atoms with E-state index in [2.05, 4.69) is 0 Å². The van der Waals surface area contributed by atoms with E-state index in [1.54, 1.807) is 0 Å². The van der Waals surface area contributed by atoms with Crippen LogP contribution in [0.3, 0.4) is 0 Å². The molecule has 0 fully saturated rings. The van der Waals surface area contributed by atoms with E-state index in [1.165, 1.54) is 0 Å². The van der Waals surface area contributed by atoms with Gasteiger partial charge in [-0.3, -0.25) is 8.42 Å². The molecule has 0 unspecified atom stereocenters. The van der Waals surface area contributed by atoms with Gasteiger partial charge in [-0.05, 0) is 0 Å². The molecule has 0 aromatic rings. The first-order chi connectivity index (χ1) is 2.00. The molecule has 0 aromatic heterocycles. The Balaban J connectivity index is -0.00000000800. The first kappa shape index (κ1) is 37.5. The molecule has 0 bridgehead atoms. The van der Waals surface area contributed by atoms with Crippen molar-refractivity contribution in [2.75, 3.05) is 0 Å². The van der Waals surface area contributed by atoms with Crippen molar-refractivity contribution >= 4 is 71.2 Å². The molecule has 0 rings (SSSR count). The van der Waals surface area contributed by atoms with Gasteiger partial charge in [-0.15, -0.1) is 0 Å². The van der Waals surface area contributed by atoms with Gasteiger partial charge in [0.05, 0.1) is 0 Å². The van der Waals surface area contributed by atoms with Crippen LogP contribution in [0.4, 0.5) is 0 Å². The Morgan fingerprint density at radius 2 is 1.00 bits per heavy atom. The molecule has 0 spiro atoms. The van der Waals surface area contributed by atoms with Gasteiger partial charge in [0, 0.05) is 10.4 Å². The predicted molar refractivity (Wildman–Crippen MR) is 22.0 cm³/mol. The summed E-state index contributed by atoms with van der Waals surface area (Å²) in [6, 6.07) is 0. The van der Waals surface area contributed by atoms with Gasteiger partial charge in [0.25, 0.3) is 0 Å². The fourth-order valence-electron chi connectivity index (χ4n) is 0. The van der Waals surface area contributed by atoms with E-state index >= 15 is 0 Å². The predicted octanol–water partition coefficient (Wildman–Crippen LogP) is -11.1. The van der Waals surface area contributed by atoms with Crippen molar-refractivity contribution in [1.82, 2.24) is 0 Å². The van der Waals surface area contributed by atoms with E-state index in [4.69, 9.17) is 17.5 Å². The Hall–Kier alpha value is 3.48. The molecule has 10 heteroatoms. The Morgan fingerprint density at radius 3 is 1.00 bits per heavy atom. The molecule has 0 atom stereocenters. The average molecular weight is 254 g/mol. The molecule has 0 aliphatic carbocycles. The molecular formula is CaCl2MgNaO4S+. The standard InChI is InChI=1S/Ca.2ClH.Mg.Na.H2O4S/c;;;;;1-5(2,3)4/h;2*1H;;;(H2,1,2,3,4)/q+2;;;+2;+1;/p-4. The summed E-state index contributed by atoms with van der Waals surface area (Å²) in [6.45, 7) is 0. The van der Waals surface area contributed by atoms with Gasteiger partial charge in [-0.2, -0.15) is 0 Å². The quantitative estimate of drug-likeness (QED) is 0.244. The van der Waals surface area contributed by atoms with Crippen LogP contribution in [0.2, 0.25) is 0 Å². The fraction of sp³-hybridized carbons (Fsp3) is 0. The summed E-state index contributed by atoms with van der Waals surface area (Å²) in [5.74, 6) is 0. The van der Waals surface area contributed by atoms with Crippen LogP contribution >= 0.6 is 0 Å². The Bertz CT molecular complexity index is 106. The van der Waals surface area contributed by atoms with Crippen molar-refractivity contribution in [3.8, 4) is 0 Å². The zero-order chi connectivity index (χ0) is 4.50. The average Bonchev–Trinajstić information content (AvgIpc) is 0.722. The SMILES string of the molecule is O=S(=O)([O-])[O-].[Ca+2].[Cl-].[Cl-].[Mg+2].[Na+]. The molecule has 4 nitrogen and oxygen atoms in total. The molecule has 0 N–H and O–H groups in total. The summed E-state index contributed by atoms with van der Waals surface area (Å²) in [6.07, 6.45) is 0. The van der Waals surface area contributed by atoms with Gasteiger partial charge in [0.15, 0.2) is 0 Å². The topological polar surface area (TPSA) is 80.3 Å². The van der Waals surface area contributed by atoms with Crippen LogP contribution in [0.1, 0.15) is 0 Å². The first-order valence-corrected chi connectivity index (χ1v) is 2.00. The smallest absolute Gasteiger partial charge is 1.00 e. The largest absolute Gasteiger partial charge is 2.00 e. The van der Waals surface area contributed by atoms with Crippen molar-refractivity contribution in [2.45, 2.75) is 0 Å². The fourth-order valence-corrected chi connectivity index (χ4v) is 0. The van der Waals surface area contributed by atoms with E-state index in [0.717, 1.165) is 0 Å². The normalized spacial score (nSPS) is 5.80. The maximum absolute atomic E-state index is 8.52. The second-order valence-corrected chi connectivity index (χ2v) is 1.22. The maximum Gasteiger partial charge on any atom is 2.00 e. The van der Waals surface area contributed by atoms with Crippen molar-refractivity contribution < 1.29 is 71.9 Å². The number of hydrogen-bond donors (Lipinski definition) is 0. The minimum atomic E-state index is -5.17. The molecule has 0 aliphatic heterocycles. The van der Waals surface area contributed by atoms with Gasteiger partial charge >= 0.3 is 90.3 Å². The second-order valence-electron chi connectivity index (χ2n) is 0.408. The maximum atomic E-state index is 8.52. The van der Waals surface area contributed by atoms with Gasteiger partial charge in [-0.25, -0.2) is 0 Å². The van der Waals surface area contributed by atoms with Gasteiger partial charge in [-0.1, -0.05) is 0 Å². The Kier molecular flexibility index (Phi) is 68.7. The van der Waals surface area contributed by atoms with E-state index in [1.807, 2.05) is 0 Å². The first-order valence-electron chi connectivity index (χ1n) is 0.667. The third kappa shape index (κ3) is 104. The minimum Gasteiger partial charge on any atom is -1.00 e. The molecule has 0 heterocycles. The van der Waals surface area contributed by atoms with Crippen molar-refractivity contribution in [2.24, 2.45) is 0 Å². The van der Waals surface area contributed by atoms with E-state index in [0.29, 0.717) is 0 Å². The summed E-state index contributed by atoms with van der Waals surface area (Å²) < 4.78 is 34.1. The molecule has 0 aliphatic rings. The van der Waals surface area contributed by atoms with Crippen molar-refractivity contribution in [3.63, 3.8) is 0 Å². The number of hydrogen-bond acceptors (Lipinski definition) is 4. The third-order valence-corrected chi connectivity index (χ3v) is 0. The van der Waals surface area contributed by atoms with E-state index in [9.17, 15) is 0 Å². The molecule has 0 saturated carbocycles. The number of rotatable bonds is 0.